The molecule has 0 saturated carbocycles. The molecule has 0 aliphatic heterocycles. The van der Waals surface area contributed by atoms with E-state index in [9.17, 15) is 9.59 Å². The average Bonchev–Trinajstić information content (AvgIpc) is 2.72. The molecular weight excluding hydrogens is 338 g/mol. The summed E-state index contributed by atoms with van der Waals surface area (Å²) in [7, 11) is 1.60. The van der Waals surface area contributed by atoms with Gasteiger partial charge in [-0.3, -0.25) is 19.5 Å². The minimum atomic E-state index is -0.309. The van der Waals surface area contributed by atoms with E-state index in [-0.39, 0.29) is 17.4 Å². The highest BCUT2D eigenvalue weighted by Crippen LogP contribution is 2.22. The normalized spacial score (nSPS) is 10.7. The second kappa shape index (κ2) is 6.88. The quantitative estimate of drug-likeness (QED) is 0.607. The highest BCUT2D eigenvalue weighted by Gasteiger charge is 2.13. The molecule has 5 nitrogen and oxygen atoms in total. The third kappa shape index (κ3) is 3.22. The molecule has 1 aromatic heterocycles. The minimum absolute atomic E-state index is 0.206. The molecule has 4 rings (SSSR count). The SMILES string of the molecule is Cn1c(NC(=O)c2ccccc2)nc2cc(-c3ccccc3)ccc2c1=O. The lowest BCUT2D eigenvalue weighted by Gasteiger charge is -2.11. The number of hydrogen-bond donors (Lipinski definition) is 1. The first-order valence-corrected chi connectivity index (χ1v) is 8.56. The molecule has 27 heavy (non-hydrogen) atoms. The van der Waals surface area contributed by atoms with Crippen molar-refractivity contribution in [3.63, 3.8) is 0 Å². The molecule has 4 aromatic rings. The lowest BCUT2D eigenvalue weighted by atomic mass is 10.0. The van der Waals surface area contributed by atoms with Gasteiger partial charge in [0.05, 0.1) is 10.9 Å². The van der Waals surface area contributed by atoms with E-state index in [2.05, 4.69) is 10.3 Å². The van der Waals surface area contributed by atoms with Crippen LogP contribution in [0, 0.1) is 0 Å². The van der Waals surface area contributed by atoms with Crippen LogP contribution < -0.4 is 10.9 Å². The van der Waals surface area contributed by atoms with Gasteiger partial charge in [0.25, 0.3) is 11.5 Å². The lowest BCUT2D eigenvalue weighted by molar-refractivity contribution is 0.102. The summed E-state index contributed by atoms with van der Waals surface area (Å²) >= 11 is 0. The number of benzene rings is 3. The number of anilines is 1. The van der Waals surface area contributed by atoms with Crippen LogP contribution in [0.25, 0.3) is 22.0 Å². The van der Waals surface area contributed by atoms with Crippen LogP contribution in [0.15, 0.2) is 83.7 Å². The van der Waals surface area contributed by atoms with E-state index >= 15 is 0 Å². The molecule has 1 heterocycles. The van der Waals surface area contributed by atoms with E-state index in [1.807, 2.05) is 48.5 Å². The molecule has 1 amide bonds. The molecule has 0 saturated heterocycles. The van der Waals surface area contributed by atoms with Crippen LogP contribution in [0.3, 0.4) is 0 Å². The van der Waals surface area contributed by atoms with Crippen molar-refractivity contribution >= 4 is 22.8 Å². The Kier molecular flexibility index (Phi) is 4.26. The van der Waals surface area contributed by atoms with Gasteiger partial charge in [0, 0.05) is 12.6 Å². The molecule has 132 valence electrons. The number of hydrogen-bond acceptors (Lipinski definition) is 3. The predicted molar refractivity (Wildman–Crippen MR) is 107 cm³/mol. The molecule has 5 heteroatoms. The second-order valence-corrected chi connectivity index (χ2v) is 6.22. The summed E-state index contributed by atoms with van der Waals surface area (Å²) in [5.74, 6) is -0.0942. The monoisotopic (exact) mass is 355 g/mol. The molecule has 0 spiro atoms. The van der Waals surface area contributed by atoms with Crippen molar-refractivity contribution in [2.24, 2.45) is 7.05 Å². The summed E-state index contributed by atoms with van der Waals surface area (Å²) in [5.41, 5.74) is 2.84. The van der Waals surface area contributed by atoms with Crippen molar-refractivity contribution in [3.05, 3.63) is 94.8 Å². The van der Waals surface area contributed by atoms with Gasteiger partial charge in [0.2, 0.25) is 5.95 Å². The maximum Gasteiger partial charge on any atom is 0.262 e. The fourth-order valence-electron chi connectivity index (χ4n) is 2.96. The van der Waals surface area contributed by atoms with Crippen LogP contribution in [0.1, 0.15) is 10.4 Å². The highest BCUT2D eigenvalue weighted by atomic mass is 16.2. The number of rotatable bonds is 3. The molecule has 0 bridgehead atoms. The summed E-state index contributed by atoms with van der Waals surface area (Å²) in [6, 6.07) is 24.3. The maximum absolute atomic E-state index is 12.7. The Balaban J connectivity index is 1.78. The van der Waals surface area contributed by atoms with Crippen molar-refractivity contribution in [2.75, 3.05) is 5.32 Å². The van der Waals surface area contributed by atoms with Gasteiger partial charge in [-0.1, -0.05) is 54.6 Å². The maximum atomic E-state index is 12.7. The van der Waals surface area contributed by atoms with Gasteiger partial charge in [-0.05, 0) is 35.4 Å². The first-order chi connectivity index (χ1) is 13.1. The summed E-state index contributed by atoms with van der Waals surface area (Å²) in [6.45, 7) is 0. The number of aromatic nitrogens is 2. The Morgan fingerprint density at radius 1 is 0.889 bits per heavy atom. The standard InChI is InChI=1S/C22H17N3O2/c1-25-21(27)18-13-12-17(15-8-4-2-5-9-15)14-19(18)23-22(25)24-20(26)16-10-6-3-7-11-16/h2-14H,1H3,(H,23,24,26). The Morgan fingerprint density at radius 2 is 1.56 bits per heavy atom. The number of fused-ring (bicyclic) bond motifs is 1. The fourth-order valence-corrected chi connectivity index (χ4v) is 2.96. The Labute approximate surface area is 155 Å². The zero-order chi connectivity index (χ0) is 18.8. The topological polar surface area (TPSA) is 64.0 Å². The zero-order valence-corrected chi connectivity index (χ0v) is 14.7. The number of nitrogens with zero attached hydrogens (tertiary/aromatic N) is 2. The van der Waals surface area contributed by atoms with Gasteiger partial charge in [-0.2, -0.15) is 0 Å². The Hall–Kier alpha value is -3.73. The molecule has 0 aliphatic rings. The molecule has 1 N–H and O–H groups in total. The van der Waals surface area contributed by atoms with Crippen LogP contribution in [-0.2, 0) is 7.05 Å². The molecule has 0 fully saturated rings. The second-order valence-electron chi connectivity index (χ2n) is 6.22. The van der Waals surface area contributed by atoms with E-state index in [4.69, 9.17) is 0 Å². The smallest absolute Gasteiger partial charge is 0.262 e. The van der Waals surface area contributed by atoms with Crippen LogP contribution in [-0.4, -0.2) is 15.5 Å². The summed E-state index contributed by atoms with van der Waals surface area (Å²) in [5, 5.41) is 3.24. The van der Waals surface area contributed by atoms with Crippen molar-refractivity contribution in [1.29, 1.82) is 0 Å². The largest absolute Gasteiger partial charge is 0.292 e. The van der Waals surface area contributed by atoms with E-state index in [0.29, 0.717) is 16.5 Å². The van der Waals surface area contributed by atoms with Crippen molar-refractivity contribution in [2.45, 2.75) is 0 Å². The van der Waals surface area contributed by atoms with E-state index in [1.165, 1.54) is 4.57 Å². The van der Waals surface area contributed by atoms with Gasteiger partial charge >= 0.3 is 0 Å². The molecule has 3 aromatic carbocycles. The first-order valence-electron chi connectivity index (χ1n) is 8.56. The van der Waals surface area contributed by atoms with Crippen molar-refractivity contribution < 1.29 is 4.79 Å². The summed E-state index contributed by atoms with van der Waals surface area (Å²) in [4.78, 5) is 29.6. The number of carbonyl (C=O) groups is 1. The van der Waals surface area contributed by atoms with Gasteiger partial charge < -0.3 is 0 Å². The zero-order valence-electron chi connectivity index (χ0n) is 14.7. The van der Waals surface area contributed by atoms with Crippen LogP contribution in [0.5, 0.6) is 0 Å². The minimum Gasteiger partial charge on any atom is -0.292 e. The summed E-state index contributed by atoms with van der Waals surface area (Å²) in [6.07, 6.45) is 0. The molecule has 0 atom stereocenters. The van der Waals surface area contributed by atoms with Crippen molar-refractivity contribution in [3.8, 4) is 11.1 Å². The van der Waals surface area contributed by atoms with E-state index < -0.39 is 0 Å². The van der Waals surface area contributed by atoms with E-state index in [1.54, 1.807) is 37.4 Å². The van der Waals surface area contributed by atoms with E-state index in [0.717, 1.165) is 11.1 Å². The number of nitrogens with one attached hydrogen (secondary N) is 1. The lowest BCUT2D eigenvalue weighted by Crippen LogP contribution is -2.25. The number of amides is 1. The van der Waals surface area contributed by atoms with Gasteiger partial charge in [0.1, 0.15) is 0 Å². The Bertz CT molecular complexity index is 1180. The third-order valence-corrected chi connectivity index (χ3v) is 4.45. The van der Waals surface area contributed by atoms with Crippen LogP contribution in [0.2, 0.25) is 0 Å². The van der Waals surface area contributed by atoms with Crippen LogP contribution in [0.4, 0.5) is 5.95 Å². The molecule has 0 aliphatic carbocycles. The first kappa shape index (κ1) is 16.7. The average molecular weight is 355 g/mol. The highest BCUT2D eigenvalue weighted by molar-refractivity contribution is 6.03. The molecular formula is C22H17N3O2. The third-order valence-electron chi connectivity index (χ3n) is 4.45. The fraction of sp³-hybridized carbons (Fsp3) is 0.0455. The predicted octanol–water partition coefficient (Wildman–Crippen LogP) is 3.85. The molecule has 0 radical (unpaired) electrons. The summed E-state index contributed by atoms with van der Waals surface area (Å²) < 4.78 is 1.35. The number of carbonyl (C=O) groups excluding carboxylic acids is 1. The Morgan fingerprint density at radius 3 is 2.26 bits per heavy atom. The van der Waals surface area contributed by atoms with Crippen LogP contribution >= 0.6 is 0 Å². The van der Waals surface area contributed by atoms with Crippen molar-refractivity contribution in [1.82, 2.24) is 9.55 Å². The van der Waals surface area contributed by atoms with Gasteiger partial charge in [-0.25, -0.2) is 4.98 Å². The molecule has 0 unspecified atom stereocenters. The van der Waals surface area contributed by atoms with Gasteiger partial charge in [0.15, 0.2) is 0 Å². The van der Waals surface area contributed by atoms with Gasteiger partial charge in [-0.15, -0.1) is 0 Å².